The van der Waals surface area contributed by atoms with E-state index in [1.165, 1.54) is 6.26 Å². The van der Waals surface area contributed by atoms with Gasteiger partial charge in [0.2, 0.25) is 0 Å². The molecule has 2 heterocycles. The van der Waals surface area contributed by atoms with E-state index in [1.54, 1.807) is 47.4 Å². The first-order valence-electron chi connectivity index (χ1n) is 8.36. The van der Waals surface area contributed by atoms with E-state index in [9.17, 15) is 13.2 Å². The van der Waals surface area contributed by atoms with Crippen molar-refractivity contribution < 1.29 is 22.4 Å². The first kappa shape index (κ1) is 18.3. The number of furan rings is 1. The molecule has 26 heavy (non-hydrogen) atoms. The Hall–Kier alpha value is -2.54. The Labute approximate surface area is 153 Å². The van der Waals surface area contributed by atoms with E-state index in [0.29, 0.717) is 30.1 Å². The molecule has 0 N–H and O–H groups in total. The fourth-order valence-corrected chi connectivity index (χ4v) is 4.70. The SMILES string of the molecule is C=CCOc1ccc(C(=O)N(Cc2ccco2)[C@H]2CCS(=O)(=O)C2)cc1. The van der Waals surface area contributed by atoms with Crippen molar-refractivity contribution in [3.05, 3.63) is 66.6 Å². The van der Waals surface area contributed by atoms with E-state index >= 15 is 0 Å². The molecule has 3 rings (SSSR count). The van der Waals surface area contributed by atoms with Crippen LogP contribution in [0.3, 0.4) is 0 Å². The lowest BCUT2D eigenvalue weighted by Gasteiger charge is -2.27. The van der Waals surface area contributed by atoms with Crippen molar-refractivity contribution in [2.75, 3.05) is 18.1 Å². The van der Waals surface area contributed by atoms with E-state index < -0.39 is 9.84 Å². The number of hydrogen-bond acceptors (Lipinski definition) is 5. The molecule has 1 aliphatic heterocycles. The second-order valence-corrected chi connectivity index (χ2v) is 8.42. The fraction of sp³-hybridized carbons (Fsp3) is 0.316. The maximum Gasteiger partial charge on any atom is 0.254 e. The molecule has 1 amide bonds. The highest BCUT2D eigenvalue weighted by molar-refractivity contribution is 7.91. The van der Waals surface area contributed by atoms with Crippen molar-refractivity contribution in [2.24, 2.45) is 0 Å². The maximum atomic E-state index is 13.0. The van der Waals surface area contributed by atoms with Crippen LogP contribution in [0.4, 0.5) is 0 Å². The minimum absolute atomic E-state index is 0.0139. The molecule has 1 aromatic heterocycles. The molecule has 0 unspecified atom stereocenters. The summed E-state index contributed by atoms with van der Waals surface area (Å²) in [6.45, 7) is 4.22. The highest BCUT2D eigenvalue weighted by Crippen LogP contribution is 2.23. The zero-order valence-electron chi connectivity index (χ0n) is 14.3. The molecule has 1 saturated heterocycles. The average Bonchev–Trinajstić information content (AvgIpc) is 3.27. The van der Waals surface area contributed by atoms with Crippen molar-refractivity contribution in [3.63, 3.8) is 0 Å². The van der Waals surface area contributed by atoms with E-state index in [4.69, 9.17) is 9.15 Å². The minimum Gasteiger partial charge on any atom is -0.490 e. The first-order valence-corrected chi connectivity index (χ1v) is 10.2. The summed E-state index contributed by atoms with van der Waals surface area (Å²) in [6, 6.07) is 9.96. The third kappa shape index (κ3) is 4.35. The molecule has 1 aromatic carbocycles. The van der Waals surface area contributed by atoms with Gasteiger partial charge in [-0.1, -0.05) is 12.7 Å². The van der Waals surface area contributed by atoms with Gasteiger partial charge in [0.25, 0.3) is 5.91 Å². The predicted molar refractivity (Wildman–Crippen MR) is 97.8 cm³/mol. The van der Waals surface area contributed by atoms with Crippen LogP contribution in [0.1, 0.15) is 22.5 Å². The maximum absolute atomic E-state index is 13.0. The van der Waals surface area contributed by atoms with E-state index in [0.717, 1.165) is 0 Å². The van der Waals surface area contributed by atoms with E-state index in [1.807, 2.05) is 0 Å². The number of carbonyl (C=O) groups is 1. The number of benzene rings is 1. The number of sulfone groups is 1. The first-order chi connectivity index (χ1) is 12.5. The van der Waals surface area contributed by atoms with Crippen molar-refractivity contribution in [1.29, 1.82) is 0 Å². The van der Waals surface area contributed by atoms with Crippen LogP contribution < -0.4 is 4.74 Å². The number of amides is 1. The lowest BCUT2D eigenvalue weighted by Crippen LogP contribution is -2.40. The zero-order chi connectivity index (χ0) is 18.6. The molecular weight excluding hydrogens is 354 g/mol. The highest BCUT2D eigenvalue weighted by atomic mass is 32.2. The van der Waals surface area contributed by atoms with Crippen LogP contribution >= 0.6 is 0 Å². The molecule has 1 atom stereocenters. The molecule has 0 aliphatic carbocycles. The molecule has 0 saturated carbocycles. The monoisotopic (exact) mass is 375 g/mol. The van der Waals surface area contributed by atoms with Crippen molar-refractivity contribution in [1.82, 2.24) is 4.90 Å². The number of rotatable bonds is 7. The Morgan fingerprint density at radius 2 is 2.08 bits per heavy atom. The van der Waals surface area contributed by atoms with Gasteiger partial charge in [0.05, 0.1) is 24.3 Å². The van der Waals surface area contributed by atoms with Crippen molar-refractivity contribution in [3.8, 4) is 5.75 Å². The molecular formula is C19H21NO5S. The largest absolute Gasteiger partial charge is 0.490 e. The third-order valence-corrected chi connectivity index (χ3v) is 6.04. The lowest BCUT2D eigenvalue weighted by molar-refractivity contribution is 0.0666. The highest BCUT2D eigenvalue weighted by Gasteiger charge is 2.35. The molecule has 0 radical (unpaired) electrons. The van der Waals surface area contributed by atoms with Crippen LogP contribution in [0.25, 0.3) is 0 Å². The lowest BCUT2D eigenvalue weighted by atomic mass is 10.1. The summed E-state index contributed by atoms with van der Waals surface area (Å²) in [7, 11) is -3.11. The van der Waals surface area contributed by atoms with Crippen LogP contribution in [0.15, 0.2) is 59.7 Å². The number of carbonyl (C=O) groups excluding carboxylic acids is 1. The second kappa shape index (κ2) is 7.78. The van der Waals surface area contributed by atoms with Crippen molar-refractivity contribution in [2.45, 2.75) is 19.0 Å². The standard InChI is InChI=1S/C19H21NO5S/c1-2-10-24-17-7-5-15(6-8-17)19(21)20(13-18-4-3-11-25-18)16-9-12-26(22,23)14-16/h2-8,11,16H,1,9-10,12-14H2/t16-/m0/s1. The van der Waals surface area contributed by atoms with E-state index in [2.05, 4.69) is 6.58 Å². The molecule has 0 spiro atoms. The zero-order valence-corrected chi connectivity index (χ0v) is 15.2. The summed E-state index contributed by atoms with van der Waals surface area (Å²) < 4.78 is 34.5. The van der Waals surface area contributed by atoms with Crippen LogP contribution in [-0.2, 0) is 16.4 Å². The third-order valence-electron chi connectivity index (χ3n) is 4.29. The Morgan fingerprint density at radius 1 is 1.31 bits per heavy atom. The Balaban J connectivity index is 1.81. The summed E-state index contributed by atoms with van der Waals surface area (Å²) in [6.07, 6.45) is 3.62. The van der Waals surface area contributed by atoms with Gasteiger partial charge >= 0.3 is 0 Å². The Bertz CT molecular complexity index is 856. The van der Waals surface area contributed by atoms with Gasteiger partial charge in [-0.2, -0.15) is 0 Å². The molecule has 1 fully saturated rings. The summed E-state index contributed by atoms with van der Waals surface area (Å²) in [5.74, 6) is 1.13. The van der Waals surface area contributed by atoms with Crippen LogP contribution in [0.5, 0.6) is 5.75 Å². The van der Waals surface area contributed by atoms with E-state index in [-0.39, 0.29) is 30.0 Å². The van der Waals surface area contributed by atoms with Crippen molar-refractivity contribution >= 4 is 15.7 Å². The summed E-state index contributed by atoms with van der Waals surface area (Å²) in [5.41, 5.74) is 0.479. The number of hydrogen-bond donors (Lipinski definition) is 0. The van der Waals surface area contributed by atoms with Gasteiger partial charge in [0.15, 0.2) is 9.84 Å². The Kier molecular flexibility index (Phi) is 5.46. The van der Waals surface area contributed by atoms with Crippen LogP contribution in [0, 0.1) is 0 Å². The molecule has 7 heteroatoms. The second-order valence-electron chi connectivity index (χ2n) is 6.19. The summed E-state index contributed by atoms with van der Waals surface area (Å²) in [5, 5.41) is 0. The summed E-state index contributed by atoms with van der Waals surface area (Å²) in [4.78, 5) is 14.6. The number of nitrogens with zero attached hydrogens (tertiary/aromatic N) is 1. The van der Waals surface area contributed by atoms with Gasteiger partial charge in [-0.25, -0.2) is 8.42 Å². The molecule has 0 bridgehead atoms. The topological polar surface area (TPSA) is 76.8 Å². The van der Waals surface area contributed by atoms with Crippen LogP contribution in [0.2, 0.25) is 0 Å². The number of ether oxygens (including phenoxy) is 1. The van der Waals surface area contributed by atoms with Gasteiger partial charge in [0.1, 0.15) is 18.1 Å². The summed E-state index contributed by atoms with van der Waals surface area (Å²) >= 11 is 0. The normalized spacial score (nSPS) is 18.4. The molecule has 138 valence electrons. The fourth-order valence-electron chi connectivity index (χ4n) is 2.97. The Morgan fingerprint density at radius 3 is 2.65 bits per heavy atom. The average molecular weight is 375 g/mol. The van der Waals surface area contributed by atoms with Gasteiger partial charge in [0, 0.05) is 11.6 Å². The smallest absolute Gasteiger partial charge is 0.254 e. The van der Waals surface area contributed by atoms with Gasteiger partial charge in [-0.3, -0.25) is 4.79 Å². The molecule has 6 nitrogen and oxygen atoms in total. The van der Waals surface area contributed by atoms with Gasteiger partial charge in [-0.15, -0.1) is 0 Å². The molecule has 2 aromatic rings. The molecule has 1 aliphatic rings. The van der Waals surface area contributed by atoms with Crippen LogP contribution in [-0.4, -0.2) is 43.4 Å². The van der Waals surface area contributed by atoms with Gasteiger partial charge in [-0.05, 0) is 42.8 Å². The minimum atomic E-state index is -3.11. The predicted octanol–water partition coefficient (Wildman–Crippen LogP) is 2.67. The quantitative estimate of drug-likeness (QED) is 0.696. The van der Waals surface area contributed by atoms with Gasteiger partial charge < -0.3 is 14.1 Å².